The summed E-state index contributed by atoms with van der Waals surface area (Å²) in [5.74, 6) is -0.951. The Morgan fingerprint density at radius 1 is 1.09 bits per heavy atom. The molecule has 0 bridgehead atoms. The van der Waals surface area contributed by atoms with Gasteiger partial charge in [0.1, 0.15) is 5.25 Å². The van der Waals surface area contributed by atoms with Crippen molar-refractivity contribution in [2.24, 2.45) is 0 Å². The summed E-state index contributed by atoms with van der Waals surface area (Å²) >= 11 is 2.79. The van der Waals surface area contributed by atoms with E-state index in [2.05, 4.69) is 38.0 Å². The Morgan fingerprint density at radius 3 is 2.45 bits per heavy atom. The van der Waals surface area contributed by atoms with Gasteiger partial charge in [-0.15, -0.1) is 11.3 Å². The zero-order valence-electron chi connectivity index (χ0n) is 19.7. The maximum absolute atomic E-state index is 12.7. The van der Waals surface area contributed by atoms with Gasteiger partial charge in [0.25, 0.3) is 5.91 Å². The molecule has 2 N–H and O–H groups in total. The van der Waals surface area contributed by atoms with Crippen LogP contribution in [0.2, 0.25) is 0 Å². The molecule has 0 fully saturated rings. The van der Waals surface area contributed by atoms with Crippen molar-refractivity contribution in [1.82, 2.24) is 4.98 Å². The second-order valence-corrected chi connectivity index (χ2v) is 11.7. The SMILES string of the molecule is CCCCCCC(Sc1nc2ccc(NC(=O)c3ccc(C(C)(C)C)cc3)cc2s1)C(=O)O. The highest BCUT2D eigenvalue weighted by Crippen LogP contribution is 2.35. The molecule has 5 nitrogen and oxygen atoms in total. The molecule has 1 atom stereocenters. The number of nitrogens with zero attached hydrogens (tertiary/aromatic N) is 1. The molecule has 0 saturated heterocycles. The number of carbonyl (C=O) groups excluding carboxylic acids is 1. The Hall–Kier alpha value is -2.38. The predicted octanol–water partition coefficient (Wildman–Crippen LogP) is 7.36. The monoisotopic (exact) mass is 484 g/mol. The van der Waals surface area contributed by atoms with Crippen LogP contribution in [0.15, 0.2) is 46.8 Å². The number of hydrogen-bond acceptors (Lipinski definition) is 5. The van der Waals surface area contributed by atoms with E-state index in [0.717, 1.165) is 40.2 Å². The molecule has 1 aromatic heterocycles. The summed E-state index contributed by atoms with van der Waals surface area (Å²) in [6.07, 6.45) is 4.88. The molecule has 0 saturated carbocycles. The van der Waals surface area contributed by atoms with E-state index in [1.54, 1.807) is 0 Å². The molecule has 1 amide bonds. The van der Waals surface area contributed by atoms with Crippen molar-refractivity contribution >= 4 is 50.9 Å². The lowest BCUT2D eigenvalue weighted by atomic mass is 9.87. The van der Waals surface area contributed by atoms with E-state index in [0.29, 0.717) is 17.7 Å². The van der Waals surface area contributed by atoms with Crippen LogP contribution in [0.25, 0.3) is 10.2 Å². The van der Waals surface area contributed by atoms with Crippen molar-refractivity contribution in [3.63, 3.8) is 0 Å². The number of aromatic nitrogens is 1. The van der Waals surface area contributed by atoms with E-state index < -0.39 is 11.2 Å². The number of carboxylic acids is 1. The highest BCUT2D eigenvalue weighted by molar-refractivity contribution is 8.02. The number of rotatable bonds is 10. The van der Waals surface area contributed by atoms with Crippen LogP contribution in [0.5, 0.6) is 0 Å². The van der Waals surface area contributed by atoms with Crippen LogP contribution < -0.4 is 5.32 Å². The standard InChI is InChI=1S/C26H32N2O3S2/c1-5-6-7-8-9-21(24(30)31)32-25-28-20-15-14-19(16-22(20)33-25)27-23(29)17-10-12-18(13-11-17)26(2,3)4/h10-16,21H,5-9H2,1-4H3,(H,27,29)(H,30,31). The molecule has 0 aliphatic carbocycles. The molecule has 1 heterocycles. The molecule has 3 aromatic rings. The minimum Gasteiger partial charge on any atom is -0.480 e. The number of fused-ring (bicyclic) bond motifs is 1. The number of hydrogen-bond donors (Lipinski definition) is 2. The zero-order chi connectivity index (χ0) is 24.0. The molecule has 2 aromatic carbocycles. The van der Waals surface area contributed by atoms with Gasteiger partial charge in [0.2, 0.25) is 0 Å². The normalized spacial score (nSPS) is 12.6. The number of carbonyl (C=O) groups is 2. The first-order valence-electron chi connectivity index (χ1n) is 11.4. The third kappa shape index (κ3) is 7.05. The lowest BCUT2D eigenvalue weighted by Gasteiger charge is -2.19. The van der Waals surface area contributed by atoms with Gasteiger partial charge in [-0.2, -0.15) is 0 Å². The average Bonchev–Trinajstić information content (AvgIpc) is 3.17. The average molecular weight is 485 g/mol. The summed E-state index contributed by atoms with van der Waals surface area (Å²) in [6.45, 7) is 8.57. The van der Waals surface area contributed by atoms with Crippen LogP contribution in [-0.2, 0) is 10.2 Å². The number of aliphatic carboxylic acids is 1. The maximum Gasteiger partial charge on any atom is 0.317 e. The van der Waals surface area contributed by atoms with E-state index in [-0.39, 0.29) is 11.3 Å². The number of unbranched alkanes of at least 4 members (excludes halogenated alkanes) is 3. The fourth-order valence-electron chi connectivity index (χ4n) is 3.47. The number of thiazole rings is 1. The van der Waals surface area contributed by atoms with Crippen LogP contribution in [0.3, 0.4) is 0 Å². The summed E-state index contributed by atoms with van der Waals surface area (Å²) < 4.78 is 1.67. The van der Waals surface area contributed by atoms with Crippen LogP contribution in [0.1, 0.15) is 75.7 Å². The molecule has 0 aliphatic heterocycles. The largest absolute Gasteiger partial charge is 0.480 e. The van der Waals surface area contributed by atoms with Crippen LogP contribution in [-0.4, -0.2) is 27.2 Å². The van der Waals surface area contributed by atoms with Gasteiger partial charge < -0.3 is 10.4 Å². The van der Waals surface area contributed by atoms with Gasteiger partial charge in [-0.05, 0) is 47.7 Å². The van der Waals surface area contributed by atoms with Crippen molar-refractivity contribution in [2.75, 3.05) is 5.32 Å². The zero-order valence-corrected chi connectivity index (χ0v) is 21.3. The first-order chi connectivity index (χ1) is 15.7. The van der Waals surface area contributed by atoms with Gasteiger partial charge in [-0.3, -0.25) is 9.59 Å². The van der Waals surface area contributed by atoms with E-state index in [1.165, 1.54) is 28.7 Å². The van der Waals surface area contributed by atoms with Crippen molar-refractivity contribution in [2.45, 2.75) is 74.8 Å². The molecular weight excluding hydrogens is 452 g/mol. The Kier molecular flexibility index (Phi) is 8.54. The second-order valence-electron chi connectivity index (χ2n) is 9.24. The smallest absolute Gasteiger partial charge is 0.317 e. The van der Waals surface area contributed by atoms with Gasteiger partial charge >= 0.3 is 5.97 Å². The second kappa shape index (κ2) is 11.2. The fourth-order valence-corrected chi connectivity index (χ4v) is 5.79. The van der Waals surface area contributed by atoms with Crippen molar-refractivity contribution < 1.29 is 14.7 Å². The van der Waals surface area contributed by atoms with Gasteiger partial charge in [0.15, 0.2) is 4.34 Å². The Morgan fingerprint density at radius 2 is 1.82 bits per heavy atom. The quantitative estimate of drug-likeness (QED) is 0.232. The highest BCUT2D eigenvalue weighted by Gasteiger charge is 2.21. The lowest BCUT2D eigenvalue weighted by molar-refractivity contribution is -0.136. The summed E-state index contributed by atoms with van der Waals surface area (Å²) in [6, 6.07) is 13.3. The summed E-state index contributed by atoms with van der Waals surface area (Å²) in [5.41, 5.74) is 3.33. The third-order valence-corrected chi connectivity index (χ3v) is 7.84. The molecule has 7 heteroatoms. The van der Waals surface area contributed by atoms with Crippen molar-refractivity contribution in [3.8, 4) is 0 Å². The number of anilines is 1. The summed E-state index contributed by atoms with van der Waals surface area (Å²) in [5, 5.41) is 12.1. The van der Waals surface area contributed by atoms with E-state index >= 15 is 0 Å². The number of nitrogens with one attached hydrogen (secondary N) is 1. The topological polar surface area (TPSA) is 79.3 Å². The number of benzene rings is 2. The predicted molar refractivity (Wildman–Crippen MR) is 139 cm³/mol. The van der Waals surface area contributed by atoms with E-state index in [9.17, 15) is 14.7 Å². The molecule has 176 valence electrons. The minimum atomic E-state index is -0.791. The molecule has 0 spiro atoms. The van der Waals surface area contributed by atoms with E-state index in [1.807, 2.05) is 42.5 Å². The van der Waals surface area contributed by atoms with Gasteiger partial charge in [-0.25, -0.2) is 4.98 Å². The van der Waals surface area contributed by atoms with Crippen molar-refractivity contribution in [3.05, 3.63) is 53.6 Å². The molecule has 3 rings (SSSR count). The molecule has 33 heavy (non-hydrogen) atoms. The first kappa shape index (κ1) is 25.2. The third-order valence-electron chi connectivity index (χ3n) is 5.48. The van der Waals surface area contributed by atoms with Crippen LogP contribution in [0.4, 0.5) is 5.69 Å². The Bertz CT molecular complexity index is 1100. The van der Waals surface area contributed by atoms with E-state index in [4.69, 9.17) is 0 Å². The fraction of sp³-hybridized carbons (Fsp3) is 0.423. The van der Waals surface area contributed by atoms with Gasteiger partial charge in [0, 0.05) is 11.3 Å². The lowest BCUT2D eigenvalue weighted by Crippen LogP contribution is -2.15. The minimum absolute atomic E-state index is 0.0388. The van der Waals surface area contributed by atoms with Crippen LogP contribution >= 0.6 is 23.1 Å². The first-order valence-corrected chi connectivity index (χ1v) is 13.1. The molecule has 1 unspecified atom stereocenters. The number of thioether (sulfide) groups is 1. The Labute approximate surface area is 204 Å². The highest BCUT2D eigenvalue weighted by atomic mass is 32.2. The van der Waals surface area contributed by atoms with Gasteiger partial charge in [-0.1, -0.05) is 77.3 Å². The molecule has 0 radical (unpaired) electrons. The van der Waals surface area contributed by atoms with Gasteiger partial charge in [0.05, 0.1) is 10.2 Å². The molecular formula is C26H32N2O3S2. The molecule has 0 aliphatic rings. The maximum atomic E-state index is 12.7. The van der Waals surface area contributed by atoms with Crippen LogP contribution in [0, 0.1) is 0 Å². The summed E-state index contributed by atoms with van der Waals surface area (Å²) in [7, 11) is 0. The summed E-state index contributed by atoms with van der Waals surface area (Å²) in [4.78, 5) is 29.0. The number of carboxylic acid groups (broad SMARTS) is 1. The van der Waals surface area contributed by atoms with Crippen molar-refractivity contribution in [1.29, 1.82) is 0 Å². The number of amides is 1. The Balaban J connectivity index is 1.67.